The zero-order valence-corrected chi connectivity index (χ0v) is 38.2. The number of hydrogen-bond donors (Lipinski definition) is 3. The Morgan fingerprint density at radius 1 is 1.00 bits per heavy atom. The van der Waals surface area contributed by atoms with Gasteiger partial charge in [-0.3, -0.25) is 9.59 Å². The van der Waals surface area contributed by atoms with Gasteiger partial charge in [-0.1, -0.05) is 45.9 Å². The van der Waals surface area contributed by atoms with E-state index >= 15 is 4.79 Å². The van der Waals surface area contributed by atoms with E-state index in [9.17, 15) is 39.0 Å². The number of fused-ring (bicyclic) bond motifs is 4. The van der Waals surface area contributed by atoms with Gasteiger partial charge in [0.1, 0.15) is 11.7 Å². The number of nitrogens with zero attached hydrogens (tertiary/aromatic N) is 1. The zero-order valence-electron chi connectivity index (χ0n) is 38.2. The molecule has 1 spiro atoms. The number of rotatable bonds is 10. The summed E-state index contributed by atoms with van der Waals surface area (Å²) in [5.74, 6) is -5.87. The summed E-state index contributed by atoms with van der Waals surface area (Å²) in [5, 5.41) is 26.5. The maximum atomic E-state index is 15.8. The third-order valence-corrected chi connectivity index (χ3v) is 13.2. The van der Waals surface area contributed by atoms with Gasteiger partial charge in [0.15, 0.2) is 41.9 Å². The average Bonchev–Trinajstić information content (AvgIpc) is 3.55. The molecule has 352 valence electrons. The Balaban J connectivity index is 1.63. The van der Waals surface area contributed by atoms with Crippen LogP contribution in [0.15, 0.2) is 41.5 Å². The van der Waals surface area contributed by atoms with E-state index in [-0.39, 0.29) is 42.1 Å². The van der Waals surface area contributed by atoms with Crippen molar-refractivity contribution in [3.8, 4) is 0 Å². The summed E-state index contributed by atoms with van der Waals surface area (Å²) in [5.41, 5.74) is -9.13. The molecule has 2 amide bonds. The highest BCUT2D eigenvalue weighted by atomic mass is 16.8. The quantitative estimate of drug-likeness (QED) is 0.172. The second kappa shape index (κ2) is 16.9. The van der Waals surface area contributed by atoms with Gasteiger partial charge < -0.3 is 58.3 Å². The Hall–Kier alpha value is -5.27. The molecule has 4 unspecified atom stereocenters. The van der Waals surface area contributed by atoms with Crippen molar-refractivity contribution in [3.05, 3.63) is 47.0 Å². The highest BCUT2D eigenvalue weighted by Crippen LogP contribution is 2.67. The van der Waals surface area contributed by atoms with Crippen LogP contribution in [-0.2, 0) is 52.3 Å². The molecule has 1 aromatic carbocycles. The number of Topliss-reactive ketones (excluding diaryl/α,β-unsaturated/α-hetero) is 1. The van der Waals surface area contributed by atoms with Gasteiger partial charge >= 0.3 is 36.2 Å². The normalized spacial score (nSPS) is 33.5. The van der Waals surface area contributed by atoms with Crippen molar-refractivity contribution >= 4 is 42.0 Å². The first kappa shape index (κ1) is 48.2. The molecule has 2 heterocycles. The lowest BCUT2D eigenvalue weighted by molar-refractivity contribution is -0.345. The molecular weight excluding hydrogens is 840 g/mol. The van der Waals surface area contributed by atoms with Crippen LogP contribution >= 0.6 is 0 Å². The summed E-state index contributed by atoms with van der Waals surface area (Å²) in [6.07, 6.45) is -15.6. The number of aliphatic hydroxyl groups is 2. The molecule has 12 atom stereocenters. The van der Waals surface area contributed by atoms with E-state index in [1.807, 2.05) is 0 Å². The van der Waals surface area contributed by atoms with Crippen LogP contribution in [0.3, 0.4) is 0 Å². The van der Waals surface area contributed by atoms with Gasteiger partial charge in [-0.15, -0.1) is 0 Å². The largest absolute Gasteiger partial charge is 0.509 e. The number of alkyl carbamates (subject to hydrolysis) is 1. The van der Waals surface area contributed by atoms with E-state index in [0.717, 1.165) is 11.8 Å². The fourth-order valence-electron chi connectivity index (χ4n) is 10.4. The van der Waals surface area contributed by atoms with Crippen LogP contribution in [0.1, 0.15) is 92.4 Å². The first-order chi connectivity index (χ1) is 29.6. The molecule has 2 saturated heterocycles. The van der Waals surface area contributed by atoms with Crippen molar-refractivity contribution in [1.82, 2.24) is 10.2 Å². The van der Waals surface area contributed by atoms with Crippen LogP contribution in [0.5, 0.6) is 0 Å². The fraction of sp³-hybridized carbons (Fsp3) is 0.667. The molecule has 2 aliphatic heterocycles. The maximum absolute atomic E-state index is 15.8. The summed E-state index contributed by atoms with van der Waals surface area (Å²) < 4.78 is 48.5. The molecule has 4 fully saturated rings. The number of benzene rings is 1. The van der Waals surface area contributed by atoms with Crippen molar-refractivity contribution in [2.75, 3.05) is 20.7 Å². The Bertz CT molecular complexity index is 2100. The smallest absolute Gasteiger partial charge is 0.454 e. The molecule has 64 heavy (non-hydrogen) atoms. The maximum Gasteiger partial charge on any atom is 0.509 e. The van der Waals surface area contributed by atoms with E-state index in [1.54, 1.807) is 66.7 Å². The van der Waals surface area contributed by atoms with E-state index in [2.05, 4.69) is 5.32 Å². The lowest BCUT2D eigenvalue weighted by Gasteiger charge is -2.67. The summed E-state index contributed by atoms with van der Waals surface area (Å²) in [6, 6.07) is 6.46. The summed E-state index contributed by atoms with van der Waals surface area (Å²) in [4.78, 5) is 99.5. The van der Waals surface area contributed by atoms with Gasteiger partial charge in [-0.05, 0) is 70.2 Å². The number of esters is 3. The molecule has 0 radical (unpaired) electrons. The highest BCUT2D eigenvalue weighted by Gasteiger charge is 2.83. The van der Waals surface area contributed by atoms with Crippen LogP contribution in [0, 0.1) is 22.7 Å². The number of amides is 2. The van der Waals surface area contributed by atoms with E-state index in [4.69, 9.17) is 37.9 Å². The minimum absolute atomic E-state index is 0.0215. The molecule has 3 N–H and O–H groups in total. The van der Waals surface area contributed by atoms with E-state index < -0.39 is 124 Å². The first-order valence-corrected chi connectivity index (χ1v) is 21.3. The molecule has 0 aromatic heterocycles. The van der Waals surface area contributed by atoms with E-state index in [1.165, 1.54) is 40.1 Å². The fourth-order valence-corrected chi connectivity index (χ4v) is 10.4. The second-order valence-corrected chi connectivity index (χ2v) is 19.7. The topological polar surface area (TPSA) is 249 Å². The first-order valence-electron chi connectivity index (χ1n) is 21.3. The van der Waals surface area contributed by atoms with Gasteiger partial charge in [0.2, 0.25) is 5.60 Å². The summed E-state index contributed by atoms with van der Waals surface area (Å²) in [7, 11) is 2.76. The number of carbonyl (C=O) groups excluding carboxylic acids is 7. The minimum Gasteiger partial charge on any atom is -0.454 e. The molecule has 19 heteroatoms. The standard InChI is InChI=1S/C45H60N2O17/c1-21(2)18-25(46-38(54)63-41(5,6)7)29(50)37(53)58-30-22(3)28-31(59-39(55)47(11)12)33(51)43(10)26(49)19-27-44(20-57-27,62-23(4)48)32(43)35(60-36(52)24-16-14-13-15-17-24)45(42(28,8)9)34(30)61-40(56)64-45/h13-17,21,25-27,29-32,34-35,49-50H,18-20H2,1-12H3,(H,46,54)/t25-,26-,27?,29+,30+,31+,32?,34?,35-,43+,44-,45?/m0/s1. The Morgan fingerprint density at radius 2 is 1.64 bits per heavy atom. The molecule has 6 rings (SSSR count). The average molecular weight is 901 g/mol. The summed E-state index contributed by atoms with van der Waals surface area (Å²) in [6.45, 7) is 15.2. The predicted molar refractivity (Wildman–Crippen MR) is 220 cm³/mol. The number of aliphatic hydroxyl groups excluding tert-OH is 2. The minimum atomic E-state index is -2.38. The van der Waals surface area contributed by atoms with Gasteiger partial charge in [0.05, 0.1) is 35.6 Å². The molecule has 1 aromatic rings. The summed E-state index contributed by atoms with van der Waals surface area (Å²) >= 11 is 0. The van der Waals surface area contributed by atoms with Crippen molar-refractivity contribution in [3.63, 3.8) is 0 Å². The number of nitrogens with one attached hydrogen (secondary N) is 1. The second-order valence-electron chi connectivity index (χ2n) is 19.7. The van der Waals surface area contributed by atoms with E-state index in [0.29, 0.717) is 0 Å². The highest BCUT2D eigenvalue weighted by molar-refractivity contribution is 5.96. The van der Waals surface area contributed by atoms with Crippen molar-refractivity contribution in [1.29, 1.82) is 0 Å². The third-order valence-electron chi connectivity index (χ3n) is 13.2. The monoisotopic (exact) mass is 900 g/mol. The number of hydrogen-bond acceptors (Lipinski definition) is 17. The van der Waals surface area contributed by atoms with Crippen LogP contribution in [-0.4, -0.2) is 143 Å². The predicted octanol–water partition coefficient (Wildman–Crippen LogP) is 3.79. The lowest BCUT2D eigenvalue weighted by atomic mass is 9.44. The Kier molecular flexibility index (Phi) is 12.8. The van der Waals surface area contributed by atoms with Gasteiger partial charge in [-0.25, -0.2) is 24.0 Å². The SMILES string of the molecule is CC(=O)O[C@@]12COC1C[C@H](O)[C@@]1(C)C(=O)[C@H](OC(=O)N(C)C)C3=C(C)[C@@H](OC(=O)[C@H](O)[C@H](CC(C)C)NC(=O)OC(C)(C)C)C4OC(=O)OC4([C@@H](OC(=O)c4ccccc4)C21)C3(C)C. The van der Waals surface area contributed by atoms with Crippen molar-refractivity contribution < 1.29 is 81.7 Å². The molecule has 5 aliphatic rings. The van der Waals surface area contributed by atoms with Crippen LogP contribution in [0.25, 0.3) is 0 Å². The van der Waals surface area contributed by atoms with Crippen molar-refractivity contribution in [2.24, 2.45) is 22.7 Å². The van der Waals surface area contributed by atoms with Crippen LogP contribution < -0.4 is 5.32 Å². The molecule has 2 bridgehead atoms. The molecule has 2 saturated carbocycles. The Morgan fingerprint density at radius 3 is 2.19 bits per heavy atom. The number of ether oxygens (including phenoxy) is 8. The lowest BCUT2D eigenvalue weighted by Crippen LogP contribution is -2.83. The van der Waals surface area contributed by atoms with Crippen LogP contribution in [0.2, 0.25) is 0 Å². The Labute approximate surface area is 371 Å². The van der Waals surface area contributed by atoms with Crippen LogP contribution in [0.4, 0.5) is 14.4 Å². The van der Waals surface area contributed by atoms with Crippen molar-refractivity contribution in [2.45, 2.75) is 148 Å². The van der Waals surface area contributed by atoms with Gasteiger partial charge in [0.25, 0.3) is 0 Å². The number of ketones is 1. The zero-order chi connectivity index (χ0) is 47.6. The third kappa shape index (κ3) is 7.97. The molecule has 19 nitrogen and oxygen atoms in total. The number of carbonyl (C=O) groups is 7. The van der Waals surface area contributed by atoms with Gasteiger partial charge in [0, 0.05) is 32.9 Å². The molecular formula is C45H60N2O17. The molecule has 3 aliphatic carbocycles. The van der Waals surface area contributed by atoms with Gasteiger partial charge in [-0.2, -0.15) is 0 Å².